The number of carbonyl (C=O) groups excluding carboxylic acids is 1. The Morgan fingerprint density at radius 3 is 3.19 bits per heavy atom. The fourth-order valence-corrected chi connectivity index (χ4v) is 4.23. The van der Waals surface area contributed by atoms with Crippen LogP contribution in [0.5, 0.6) is 0 Å². The third kappa shape index (κ3) is 2.94. The monoisotopic (exact) mass is 323 g/mol. The molecule has 0 fully saturated rings. The number of ether oxygens (including phenoxy) is 1. The fourth-order valence-electron chi connectivity index (χ4n) is 2.46. The van der Waals surface area contributed by atoms with Crippen LogP contribution in [0.25, 0.3) is 0 Å². The van der Waals surface area contributed by atoms with Gasteiger partial charge in [-0.3, -0.25) is 4.79 Å². The Morgan fingerprint density at radius 1 is 1.62 bits per heavy atom. The second kappa shape index (κ2) is 6.11. The summed E-state index contributed by atoms with van der Waals surface area (Å²) in [6, 6.07) is 0.123. The topological polar surface area (TPSA) is 64.1 Å². The third-order valence-corrected chi connectivity index (χ3v) is 5.47. The molecule has 1 N–H and O–H groups in total. The van der Waals surface area contributed by atoms with E-state index < -0.39 is 0 Å². The highest BCUT2D eigenvalue weighted by molar-refractivity contribution is 7.15. The van der Waals surface area contributed by atoms with Gasteiger partial charge in [0.25, 0.3) is 0 Å². The van der Waals surface area contributed by atoms with Gasteiger partial charge >= 0.3 is 5.97 Å². The molecule has 3 rings (SSSR count). The van der Waals surface area contributed by atoms with Gasteiger partial charge in [0.05, 0.1) is 18.3 Å². The predicted molar refractivity (Wildman–Crippen MR) is 84.0 cm³/mol. The molecule has 2 heterocycles. The van der Waals surface area contributed by atoms with Gasteiger partial charge < -0.3 is 10.1 Å². The molecule has 2 aromatic rings. The first-order chi connectivity index (χ1) is 10.2. The standard InChI is InChI=1S/C14H17N3O2S2/c1-3-19-13(18)9-4-5-10-11(9)17-14(21-10)16-8(2)12-15-6-7-20-12/h6-9H,3-5H2,1-2H3,(H,16,17). The lowest BCUT2D eigenvalue weighted by atomic mass is 10.1. The molecule has 0 saturated heterocycles. The molecule has 0 aliphatic heterocycles. The highest BCUT2D eigenvalue weighted by Gasteiger charge is 2.33. The molecule has 1 aliphatic carbocycles. The molecule has 112 valence electrons. The maximum Gasteiger partial charge on any atom is 0.315 e. The van der Waals surface area contributed by atoms with Crippen LogP contribution in [0.3, 0.4) is 0 Å². The summed E-state index contributed by atoms with van der Waals surface area (Å²) in [7, 11) is 0. The maximum atomic E-state index is 11.9. The first-order valence-corrected chi connectivity index (χ1v) is 8.70. The van der Waals surface area contributed by atoms with E-state index in [0.29, 0.717) is 6.61 Å². The Balaban J connectivity index is 1.73. The quantitative estimate of drug-likeness (QED) is 0.855. The molecule has 5 nitrogen and oxygen atoms in total. The molecule has 2 aromatic heterocycles. The molecule has 0 amide bonds. The van der Waals surface area contributed by atoms with Crippen molar-refractivity contribution in [3.63, 3.8) is 0 Å². The molecule has 2 unspecified atom stereocenters. The Bertz CT molecular complexity index is 624. The Labute approximate surface area is 131 Å². The molecule has 2 atom stereocenters. The Morgan fingerprint density at radius 2 is 2.48 bits per heavy atom. The van der Waals surface area contributed by atoms with E-state index in [0.717, 1.165) is 28.7 Å². The Kier molecular flexibility index (Phi) is 4.21. The average Bonchev–Trinajstić information content (AvgIpc) is 3.14. The van der Waals surface area contributed by atoms with Crippen molar-refractivity contribution in [1.29, 1.82) is 0 Å². The molecule has 1 aliphatic rings. The largest absolute Gasteiger partial charge is 0.465 e. The number of fused-ring (bicyclic) bond motifs is 1. The summed E-state index contributed by atoms with van der Waals surface area (Å²) in [6.07, 6.45) is 3.52. The molecular formula is C14H17N3O2S2. The van der Waals surface area contributed by atoms with Crippen LogP contribution >= 0.6 is 22.7 Å². The van der Waals surface area contributed by atoms with Crippen molar-refractivity contribution in [1.82, 2.24) is 9.97 Å². The van der Waals surface area contributed by atoms with Gasteiger partial charge in [-0.25, -0.2) is 9.97 Å². The lowest BCUT2D eigenvalue weighted by molar-refractivity contribution is -0.145. The zero-order valence-electron chi connectivity index (χ0n) is 12.0. The van der Waals surface area contributed by atoms with Gasteiger partial charge in [-0.15, -0.1) is 22.7 Å². The lowest BCUT2D eigenvalue weighted by Crippen LogP contribution is -2.14. The van der Waals surface area contributed by atoms with E-state index in [-0.39, 0.29) is 17.9 Å². The van der Waals surface area contributed by atoms with Crippen molar-refractivity contribution < 1.29 is 9.53 Å². The van der Waals surface area contributed by atoms with Crippen molar-refractivity contribution in [3.05, 3.63) is 27.2 Å². The first-order valence-electron chi connectivity index (χ1n) is 7.01. The SMILES string of the molecule is CCOC(=O)C1CCc2sc(NC(C)c3nccs3)nc21. The van der Waals surface area contributed by atoms with Crippen LogP contribution in [0.1, 0.15) is 47.8 Å². The van der Waals surface area contributed by atoms with Crippen LogP contribution < -0.4 is 5.32 Å². The lowest BCUT2D eigenvalue weighted by Gasteiger charge is -2.10. The summed E-state index contributed by atoms with van der Waals surface area (Å²) in [4.78, 5) is 22.0. The number of aromatic nitrogens is 2. The van der Waals surface area contributed by atoms with E-state index in [9.17, 15) is 4.79 Å². The molecule has 7 heteroatoms. The van der Waals surface area contributed by atoms with Crippen LogP contribution in [0.4, 0.5) is 5.13 Å². The van der Waals surface area contributed by atoms with Crippen LogP contribution in [-0.4, -0.2) is 22.5 Å². The maximum absolute atomic E-state index is 11.9. The fraction of sp³-hybridized carbons (Fsp3) is 0.500. The highest BCUT2D eigenvalue weighted by atomic mass is 32.1. The van der Waals surface area contributed by atoms with E-state index in [1.807, 2.05) is 12.3 Å². The number of aryl methyl sites for hydroxylation is 1. The summed E-state index contributed by atoms with van der Waals surface area (Å²) in [5.41, 5.74) is 0.896. The predicted octanol–water partition coefficient (Wildman–Crippen LogP) is 3.37. The second-order valence-electron chi connectivity index (χ2n) is 4.91. The summed E-state index contributed by atoms with van der Waals surface area (Å²) >= 11 is 3.26. The summed E-state index contributed by atoms with van der Waals surface area (Å²) in [6.45, 7) is 4.31. The molecule has 0 bridgehead atoms. The summed E-state index contributed by atoms with van der Waals surface area (Å²) < 4.78 is 5.13. The first kappa shape index (κ1) is 14.5. The van der Waals surface area contributed by atoms with Crippen LogP contribution in [0, 0.1) is 0 Å². The number of anilines is 1. The number of carbonyl (C=O) groups is 1. The minimum Gasteiger partial charge on any atom is -0.465 e. The summed E-state index contributed by atoms with van der Waals surface area (Å²) in [5.74, 6) is -0.344. The average molecular weight is 323 g/mol. The van der Waals surface area contributed by atoms with Crippen molar-refractivity contribution in [2.75, 3.05) is 11.9 Å². The zero-order valence-corrected chi connectivity index (χ0v) is 13.6. The molecule has 0 radical (unpaired) electrons. The number of hydrogen-bond donors (Lipinski definition) is 1. The van der Waals surface area contributed by atoms with Crippen LogP contribution in [0.15, 0.2) is 11.6 Å². The minimum atomic E-state index is -0.193. The number of nitrogens with one attached hydrogen (secondary N) is 1. The van der Waals surface area contributed by atoms with Crippen molar-refractivity contribution in [2.45, 2.75) is 38.6 Å². The number of rotatable bonds is 5. The third-order valence-electron chi connectivity index (χ3n) is 3.45. The molecule has 21 heavy (non-hydrogen) atoms. The number of nitrogens with zero attached hydrogens (tertiary/aromatic N) is 2. The van der Waals surface area contributed by atoms with E-state index in [2.05, 4.69) is 22.2 Å². The molecule has 0 spiro atoms. The van der Waals surface area contributed by atoms with Crippen molar-refractivity contribution >= 4 is 33.8 Å². The number of hydrogen-bond acceptors (Lipinski definition) is 7. The van der Waals surface area contributed by atoms with Gasteiger partial charge in [0.15, 0.2) is 5.13 Å². The number of esters is 1. The van der Waals surface area contributed by atoms with Crippen molar-refractivity contribution in [3.8, 4) is 0 Å². The molecular weight excluding hydrogens is 306 g/mol. The van der Waals surface area contributed by atoms with E-state index >= 15 is 0 Å². The van der Waals surface area contributed by atoms with E-state index in [1.165, 1.54) is 4.88 Å². The smallest absolute Gasteiger partial charge is 0.315 e. The summed E-state index contributed by atoms with van der Waals surface area (Å²) in [5, 5.41) is 7.23. The van der Waals surface area contributed by atoms with Crippen LogP contribution in [-0.2, 0) is 16.0 Å². The van der Waals surface area contributed by atoms with Gasteiger partial charge in [0.1, 0.15) is 10.9 Å². The highest BCUT2D eigenvalue weighted by Crippen LogP contribution is 2.39. The zero-order chi connectivity index (χ0) is 14.8. The molecule has 0 aromatic carbocycles. The van der Waals surface area contributed by atoms with Crippen molar-refractivity contribution in [2.24, 2.45) is 0 Å². The number of thiazole rings is 2. The minimum absolute atomic E-state index is 0.123. The van der Waals surface area contributed by atoms with Gasteiger partial charge in [-0.1, -0.05) is 0 Å². The van der Waals surface area contributed by atoms with Gasteiger partial charge in [-0.05, 0) is 26.7 Å². The van der Waals surface area contributed by atoms with E-state index in [4.69, 9.17) is 4.74 Å². The molecule has 0 saturated carbocycles. The van der Waals surface area contributed by atoms with Gasteiger partial charge in [0.2, 0.25) is 0 Å². The van der Waals surface area contributed by atoms with E-state index in [1.54, 1.807) is 28.9 Å². The normalized spacial score (nSPS) is 18.3. The van der Waals surface area contributed by atoms with Gasteiger partial charge in [0, 0.05) is 16.5 Å². The van der Waals surface area contributed by atoms with Crippen LogP contribution in [0.2, 0.25) is 0 Å². The Hall–Kier alpha value is -1.47. The second-order valence-corrected chi connectivity index (χ2v) is 6.92. The van der Waals surface area contributed by atoms with Gasteiger partial charge in [-0.2, -0.15) is 0 Å².